The molecule has 0 saturated heterocycles. The highest BCUT2D eigenvalue weighted by molar-refractivity contribution is 8.00. The summed E-state index contributed by atoms with van der Waals surface area (Å²) in [5.41, 5.74) is 17.1. The van der Waals surface area contributed by atoms with Gasteiger partial charge in [0.2, 0.25) is 5.95 Å². The summed E-state index contributed by atoms with van der Waals surface area (Å²) >= 11 is 1.69. The first-order valence-corrected chi connectivity index (χ1v) is 10.6. The van der Waals surface area contributed by atoms with Crippen LogP contribution in [0, 0.1) is 19.8 Å². The molecule has 0 radical (unpaired) electrons. The van der Waals surface area contributed by atoms with Gasteiger partial charge in [0.15, 0.2) is 5.65 Å². The van der Waals surface area contributed by atoms with Crippen LogP contribution in [0.1, 0.15) is 36.4 Å². The molecule has 9 heteroatoms. The van der Waals surface area contributed by atoms with Crippen LogP contribution in [-0.4, -0.2) is 43.1 Å². The molecule has 4 rings (SSSR count). The maximum atomic E-state index is 6.53. The van der Waals surface area contributed by atoms with E-state index in [0.29, 0.717) is 18.9 Å². The molecule has 0 spiro atoms. The lowest BCUT2D eigenvalue weighted by Gasteiger charge is -2.24. The van der Waals surface area contributed by atoms with Gasteiger partial charge in [0.1, 0.15) is 10.8 Å². The maximum absolute atomic E-state index is 6.53. The van der Waals surface area contributed by atoms with E-state index in [9.17, 15) is 0 Å². The smallest absolute Gasteiger partial charge is 0.223 e. The van der Waals surface area contributed by atoms with Crippen molar-refractivity contribution in [2.24, 2.45) is 11.7 Å². The van der Waals surface area contributed by atoms with Crippen LogP contribution in [0.15, 0.2) is 11.2 Å². The average Bonchev–Trinajstić information content (AvgIpc) is 2.91. The molecule has 8 nitrogen and oxygen atoms in total. The molecule has 0 bridgehead atoms. The van der Waals surface area contributed by atoms with Crippen LogP contribution < -0.4 is 16.2 Å². The molecular formula is C20H27N7OS. The maximum Gasteiger partial charge on any atom is 0.223 e. The second-order valence-corrected chi connectivity index (χ2v) is 9.10. The van der Waals surface area contributed by atoms with Gasteiger partial charge in [-0.1, -0.05) is 13.8 Å². The summed E-state index contributed by atoms with van der Waals surface area (Å²) in [6.45, 7) is 8.84. The largest absolute Gasteiger partial charge is 0.496 e. The fourth-order valence-corrected chi connectivity index (χ4v) is 5.30. The number of nitrogen functional groups attached to an aromatic ring is 1. The third-order valence-electron chi connectivity index (χ3n) is 5.45. The van der Waals surface area contributed by atoms with Crippen molar-refractivity contribution in [3.8, 4) is 5.75 Å². The summed E-state index contributed by atoms with van der Waals surface area (Å²) in [6, 6.07) is -0.0127. The number of nitrogens with two attached hydrogens (primary N) is 2. The van der Waals surface area contributed by atoms with E-state index in [1.807, 2.05) is 24.7 Å². The Bertz CT molecular complexity index is 1080. The van der Waals surface area contributed by atoms with E-state index in [-0.39, 0.29) is 17.2 Å². The first kappa shape index (κ1) is 19.9. The van der Waals surface area contributed by atoms with Gasteiger partial charge >= 0.3 is 0 Å². The molecule has 0 aliphatic carbocycles. The average molecular weight is 414 g/mol. The number of hydrogen-bond acceptors (Lipinski definition) is 8. The van der Waals surface area contributed by atoms with Crippen LogP contribution in [0.25, 0.3) is 11.0 Å². The predicted octanol–water partition coefficient (Wildman–Crippen LogP) is 2.48. The Balaban J connectivity index is 1.83. The molecule has 0 fully saturated rings. The Morgan fingerprint density at radius 3 is 2.76 bits per heavy atom. The molecule has 2 unspecified atom stereocenters. The zero-order chi connectivity index (χ0) is 20.9. The number of ether oxygens (including phenoxy) is 1. The normalized spacial score (nSPS) is 19.0. The molecule has 154 valence electrons. The zero-order valence-electron chi connectivity index (χ0n) is 17.4. The second-order valence-electron chi connectivity index (χ2n) is 7.93. The molecule has 0 amide bonds. The first-order valence-electron chi connectivity index (χ1n) is 9.74. The summed E-state index contributed by atoms with van der Waals surface area (Å²) in [5.74, 6) is 1.51. The van der Waals surface area contributed by atoms with Crippen LogP contribution in [0.2, 0.25) is 0 Å². The minimum Gasteiger partial charge on any atom is -0.496 e. The van der Waals surface area contributed by atoms with Gasteiger partial charge in [-0.3, -0.25) is 4.98 Å². The second kappa shape index (κ2) is 7.46. The Morgan fingerprint density at radius 1 is 1.31 bits per heavy atom. The highest BCUT2D eigenvalue weighted by atomic mass is 32.2. The predicted molar refractivity (Wildman–Crippen MR) is 115 cm³/mol. The molecular weight excluding hydrogens is 386 g/mol. The number of anilines is 1. The fraction of sp³-hybridized carbons (Fsp3) is 0.500. The lowest BCUT2D eigenvalue weighted by Crippen LogP contribution is -2.37. The van der Waals surface area contributed by atoms with Crippen molar-refractivity contribution >= 4 is 28.7 Å². The standard InChI is InChI=1S/C20H27N7OS/c1-9(2)17-12(21)6-13-15-18(24-20(22)25-19(15)29-17)27(26-13)8-14-11(4)16(28-5)10(3)7-23-14/h7,9,12,17H,6,8,21H2,1-5H3,(H2,22,24,25). The first-order chi connectivity index (χ1) is 13.8. The van der Waals surface area contributed by atoms with Gasteiger partial charge in [-0.2, -0.15) is 10.1 Å². The van der Waals surface area contributed by atoms with Gasteiger partial charge in [0.25, 0.3) is 0 Å². The molecule has 0 aromatic carbocycles. The van der Waals surface area contributed by atoms with Crippen LogP contribution in [0.4, 0.5) is 5.95 Å². The molecule has 4 heterocycles. The molecule has 2 atom stereocenters. The van der Waals surface area contributed by atoms with Crippen molar-refractivity contribution in [3.05, 3.63) is 28.7 Å². The molecule has 0 saturated carbocycles. The summed E-state index contributed by atoms with van der Waals surface area (Å²) in [7, 11) is 1.68. The molecule has 3 aromatic heterocycles. The van der Waals surface area contributed by atoms with Crippen molar-refractivity contribution in [3.63, 3.8) is 0 Å². The Morgan fingerprint density at radius 2 is 2.07 bits per heavy atom. The number of thioether (sulfide) groups is 1. The number of rotatable bonds is 4. The molecule has 29 heavy (non-hydrogen) atoms. The van der Waals surface area contributed by atoms with Gasteiger partial charge < -0.3 is 16.2 Å². The lowest BCUT2D eigenvalue weighted by atomic mass is 9.99. The summed E-state index contributed by atoms with van der Waals surface area (Å²) in [4.78, 5) is 13.6. The van der Waals surface area contributed by atoms with Crippen molar-refractivity contribution < 1.29 is 4.74 Å². The van der Waals surface area contributed by atoms with Crippen LogP contribution in [0.5, 0.6) is 5.75 Å². The molecule has 4 N–H and O–H groups in total. The van der Waals surface area contributed by atoms with Crippen molar-refractivity contribution in [1.29, 1.82) is 0 Å². The summed E-state index contributed by atoms with van der Waals surface area (Å²) < 4.78 is 7.41. The van der Waals surface area contributed by atoms with Crippen LogP contribution in [0.3, 0.4) is 0 Å². The quantitative estimate of drug-likeness (QED) is 0.626. The van der Waals surface area contributed by atoms with Gasteiger partial charge in [-0.05, 0) is 19.8 Å². The van der Waals surface area contributed by atoms with Gasteiger partial charge in [0, 0.05) is 35.0 Å². The van der Waals surface area contributed by atoms with Crippen molar-refractivity contribution in [1.82, 2.24) is 24.7 Å². The monoisotopic (exact) mass is 413 g/mol. The van der Waals surface area contributed by atoms with Gasteiger partial charge in [-0.15, -0.1) is 11.8 Å². The summed E-state index contributed by atoms with van der Waals surface area (Å²) in [6.07, 6.45) is 2.51. The van der Waals surface area contributed by atoms with Gasteiger partial charge in [0.05, 0.1) is 30.4 Å². The zero-order valence-corrected chi connectivity index (χ0v) is 18.2. The minimum absolute atomic E-state index is 0.0127. The van der Waals surface area contributed by atoms with E-state index in [2.05, 4.69) is 28.8 Å². The van der Waals surface area contributed by atoms with Gasteiger partial charge in [-0.25, -0.2) is 9.67 Å². The number of aromatic nitrogens is 5. The highest BCUT2D eigenvalue weighted by Gasteiger charge is 2.32. The fourth-order valence-electron chi connectivity index (χ4n) is 4.02. The topological polar surface area (TPSA) is 118 Å². The van der Waals surface area contributed by atoms with E-state index in [1.54, 1.807) is 18.9 Å². The third-order valence-corrected chi connectivity index (χ3v) is 7.14. The SMILES string of the molecule is COc1c(C)cnc(Cn2nc3c4c(nc(N)nc42)SC(C(C)C)C(N)C3)c1C. The Hall–Kier alpha value is -2.39. The molecule has 1 aliphatic rings. The molecule has 3 aromatic rings. The number of methoxy groups -OCH3 is 1. The number of pyridine rings is 1. The van der Waals surface area contributed by atoms with E-state index in [1.165, 1.54) is 0 Å². The Kier molecular flexibility index (Phi) is 5.12. The van der Waals surface area contributed by atoms with Crippen LogP contribution >= 0.6 is 11.8 Å². The van der Waals surface area contributed by atoms with Crippen LogP contribution in [-0.2, 0) is 13.0 Å². The number of aryl methyl sites for hydroxylation is 1. The summed E-state index contributed by atoms with van der Waals surface area (Å²) in [5, 5.41) is 6.94. The lowest BCUT2D eigenvalue weighted by molar-refractivity contribution is 0.406. The highest BCUT2D eigenvalue weighted by Crippen LogP contribution is 2.39. The number of hydrogen-bond donors (Lipinski definition) is 2. The third kappa shape index (κ3) is 3.42. The Labute approximate surface area is 174 Å². The van der Waals surface area contributed by atoms with E-state index in [4.69, 9.17) is 21.3 Å². The number of nitrogens with zero attached hydrogens (tertiary/aromatic N) is 5. The van der Waals surface area contributed by atoms with Crippen molar-refractivity contribution in [2.75, 3.05) is 12.8 Å². The van der Waals surface area contributed by atoms with E-state index in [0.717, 1.165) is 44.3 Å². The van der Waals surface area contributed by atoms with Crippen molar-refractivity contribution in [2.45, 2.75) is 57.0 Å². The molecule has 1 aliphatic heterocycles. The van der Waals surface area contributed by atoms with E-state index < -0.39 is 0 Å². The minimum atomic E-state index is -0.0127. The van der Waals surface area contributed by atoms with E-state index >= 15 is 0 Å².